The Morgan fingerprint density at radius 1 is 0.619 bits per heavy atom. The summed E-state index contributed by atoms with van der Waals surface area (Å²) < 4.78 is 0. The minimum absolute atomic E-state index is 0.489. The molecule has 0 aliphatic heterocycles. The van der Waals surface area contributed by atoms with Gasteiger partial charge in [-0.2, -0.15) is 0 Å². The molecule has 0 nitrogen and oxygen atoms in total. The average molecular weight is 355 g/mol. The molecule has 0 aliphatic rings. The predicted octanol–water partition coefficient (Wildman–Crippen LogP) is 4.34. The van der Waals surface area contributed by atoms with Crippen LogP contribution in [0, 0.1) is 0 Å². The quantitative estimate of drug-likeness (QED) is 0.483. The van der Waals surface area contributed by atoms with Gasteiger partial charge in [0.15, 0.2) is 0 Å². The van der Waals surface area contributed by atoms with Gasteiger partial charge in [0.05, 0.1) is 0 Å². The van der Waals surface area contributed by atoms with E-state index in [1.54, 1.807) is 0 Å². The SMILES string of the molecule is BrCc1cccc(P(c2ccccc2)c2ccccc2)c1. The largest absolute Gasteiger partial charge is 0.0876 e. The topological polar surface area (TPSA) is 0 Å². The minimum atomic E-state index is -0.489. The Labute approximate surface area is 135 Å². The molecule has 2 heteroatoms. The molecule has 0 amide bonds. The van der Waals surface area contributed by atoms with Gasteiger partial charge >= 0.3 is 0 Å². The molecular weight excluding hydrogens is 339 g/mol. The van der Waals surface area contributed by atoms with Crippen LogP contribution in [0.2, 0.25) is 0 Å². The van der Waals surface area contributed by atoms with Crippen molar-refractivity contribution in [2.24, 2.45) is 0 Å². The van der Waals surface area contributed by atoms with E-state index in [-0.39, 0.29) is 0 Å². The Kier molecular flexibility index (Phi) is 4.85. The van der Waals surface area contributed by atoms with Crippen molar-refractivity contribution in [1.82, 2.24) is 0 Å². The molecule has 0 atom stereocenters. The van der Waals surface area contributed by atoms with Crippen molar-refractivity contribution in [3.8, 4) is 0 Å². The second-order valence-corrected chi connectivity index (χ2v) is 7.59. The highest BCUT2D eigenvalue weighted by Gasteiger charge is 2.15. The molecule has 0 aromatic heterocycles. The van der Waals surface area contributed by atoms with Crippen molar-refractivity contribution in [1.29, 1.82) is 0 Å². The molecule has 0 aliphatic carbocycles. The number of halogens is 1. The normalized spacial score (nSPS) is 10.8. The third-order valence-electron chi connectivity index (χ3n) is 3.35. The van der Waals surface area contributed by atoms with Gasteiger partial charge in [-0.15, -0.1) is 0 Å². The summed E-state index contributed by atoms with van der Waals surface area (Å²) in [6.45, 7) is 0. The summed E-state index contributed by atoms with van der Waals surface area (Å²) in [6, 6.07) is 30.5. The molecule has 21 heavy (non-hydrogen) atoms. The molecular formula is C19H16BrP. The van der Waals surface area contributed by atoms with Crippen molar-refractivity contribution in [2.75, 3.05) is 0 Å². The molecule has 0 unspecified atom stereocenters. The maximum atomic E-state index is 3.56. The highest BCUT2D eigenvalue weighted by Crippen LogP contribution is 2.32. The van der Waals surface area contributed by atoms with E-state index < -0.39 is 7.92 Å². The summed E-state index contributed by atoms with van der Waals surface area (Å²) in [4.78, 5) is 0. The summed E-state index contributed by atoms with van der Waals surface area (Å²) in [5.74, 6) is 0. The van der Waals surface area contributed by atoms with Crippen LogP contribution < -0.4 is 15.9 Å². The van der Waals surface area contributed by atoms with Gasteiger partial charge in [0.2, 0.25) is 0 Å². The Morgan fingerprint density at radius 2 is 1.14 bits per heavy atom. The van der Waals surface area contributed by atoms with E-state index in [2.05, 4.69) is 101 Å². The molecule has 3 aromatic carbocycles. The fourth-order valence-electron chi connectivity index (χ4n) is 2.38. The third kappa shape index (κ3) is 3.43. The third-order valence-corrected chi connectivity index (χ3v) is 6.42. The molecule has 0 radical (unpaired) electrons. The fourth-order valence-corrected chi connectivity index (χ4v) is 5.09. The van der Waals surface area contributed by atoms with Gasteiger partial charge in [-0.3, -0.25) is 0 Å². The maximum absolute atomic E-state index is 3.56. The van der Waals surface area contributed by atoms with Gasteiger partial charge in [-0.1, -0.05) is 94.8 Å². The second kappa shape index (κ2) is 7.02. The van der Waals surface area contributed by atoms with Gasteiger partial charge in [-0.05, 0) is 35.5 Å². The summed E-state index contributed by atoms with van der Waals surface area (Å²) >= 11 is 3.56. The molecule has 0 heterocycles. The summed E-state index contributed by atoms with van der Waals surface area (Å²) in [5.41, 5.74) is 1.33. The van der Waals surface area contributed by atoms with E-state index >= 15 is 0 Å². The standard InChI is InChI=1S/C19H16BrP/c20-15-16-8-7-13-19(14-16)21(17-9-3-1-4-10-17)18-11-5-2-6-12-18/h1-14H,15H2. The van der Waals surface area contributed by atoms with Crippen LogP contribution in [-0.2, 0) is 5.33 Å². The molecule has 0 spiro atoms. The molecule has 0 saturated heterocycles. The van der Waals surface area contributed by atoms with E-state index in [9.17, 15) is 0 Å². The Bertz CT molecular complexity index is 656. The summed E-state index contributed by atoms with van der Waals surface area (Å²) in [7, 11) is -0.489. The monoisotopic (exact) mass is 354 g/mol. The van der Waals surface area contributed by atoms with Crippen molar-refractivity contribution in [2.45, 2.75) is 5.33 Å². The minimum Gasteiger partial charge on any atom is -0.0876 e. The van der Waals surface area contributed by atoms with E-state index in [0.29, 0.717) is 0 Å². The van der Waals surface area contributed by atoms with E-state index in [4.69, 9.17) is 0 Å². The van der Waals surface area contributed by atoms with Crippen LogP contribution in [0.5, 0.6) is 0 Å². The number of rotatable bonds is 4. The van der Waals surface area contributed by atoms with E-state index in [1.807, 2.05) is 0 Å². The Morgan fingerprint density at radius 3 is 1.67 bits per heavy atom. The zero-order valence-corrected chi connectivity index (χ0v) is 14.1. The van der Waals surface area contributed by atoms with Crippen LogP contribution in [0.15, 0.2) is 84.9 Å². The van der Waals surface area contributed by atoms with E-state index in [1.165, 1.54) is 21.5 Å². The highest BCUT2D eigenvalue weighted by molar-refractivity contribution is 9.08. The number of hydrogen-bond acceptors (Lipinski definition) is 0. The molecule has 0 N–H and O–H groups in total. The van der Waals surface area contributed by atoms with Gasteiger partial charge in [0.25, 0.3) is 0 Å². The van der Waals surface area contributed by atoms with Crippen LogP contribution in [-0.4, -0.2) is 0 Å². The highest BCUT2D eigenvalue weighted by atomic mass is 79.9. The molecule has 0 saturated carbocycles. The van der Waals surface area contributed by atoms with Gasteiger partial charge < -0.3 is 0 Å². The lowest BCUT2D eigenvalue weighted by Gasteiger charge is -2.19. The van der Waals surface area contributed by atoms with Crippen LogP contribution in [0.3, 0.4) is 0 Å². The number of hydrogen-bond donors (Lipinski definition) is 0. The molecule has 104 valence electrons. The van der Waals surface area contributed by atoms with Crippen LogP contribution in [0.25, 0.3) is 0 Å². The van der Waals surface area contributed by atoms with Crippen LogP contribution >= 0.6 is 23.9 Å². The fraction of sp³-hybridized carbons (Fsp3) is 0.0526. The van der Waals surface area contributed by atoms with Crippen molar-refractivity contribution in [3.63, 3.8) is 0 Å². The van der Waals surface area contributed by atoms with E-state index in [0.717, 1.165) is 5.33 Å². The number of alkyl halides is 1. The van der Waals surface area contributed by atoms with Gasteiger partial charge in [0, 0.05) is 5.33 Å². The smallest absolute Gasteiger partial charge is 0.0283 e. The van der Waals surface area contributed by atoms with Crippen molar-refractivity contribution >= 4 is 39.8 Å². The zero-order chi connectivity index (χ0) is 14.5. The average Bonchev–Trinajstić information content (AvgIpc) is 2.57. The lowest BCUT2D eigenvalue weighted by molar-refractivity contribution is 1.46. The Balaban J connectivity index is 2.12. The van der Waals surface area contributed by atoms with Gasteiger partial charge in [-0.25, -0.2) is 0 Å². The lowest BCUT2D eigenvalue weighted by Crippen LogP contribution is -2.20. The Hall–Kier alpha value is -1.43. The summed E-state index contributed by atoms with van der Waals surface area (Å²) in [6.07, 6.45) is 0. The van der Waals surface area contributed by atoms with Gasteiger partial charge in [0.1, 0.15) is 0 Å². The zero-order valence-electron chi connectivity index (χ0n) is 11.6. The van der Waals surface area contributed by atoms with Crippen molar-refractivity contribution < 1.29 is 0 Å². The second-order valence-electron chi connectivity index (χ2n) is 4.81. The maximum Gasteiger partial charge on any atom is 0.0283 e. The first-order chi connectivity index (χ1) is 10.4. The summed E-state index contributed by atoms with van der Waals surface area (Å²) in [5, 5.41) is 5.09. The first-order valence-electron chi connectivity index (χ1n) is 6.93. The predicted molar refractivity (Wildman–Crippen MR) is 97.8 cm³/mol. The molecule has 0 fully saturated rings. The molecule has 3 aromatic rings. The van der Waals surface area contributed by atoms with Crippen LogP contribution in [0.4, 0.5) is 0 Å². The first kappa shape index (κ1) is 14.5. The first-order valence-corrected chi connectivity index (χ1v) is 9.40. The lowest BCUT2D eigenvalue weighted by atomic mass is 10.2. The van der Waals surface area contributed by atoms with Crippen molar-refractivity contribution in [3.05, 3.63) is 90.5 Å². The molecule has 0 bridgehead atoms. The number of benzene rings is 3. The molecule has 3 rings (SSSR count). The van der Waals surface area contributed by atoms with Crippen LogP contribution in [0.1, 0.15) is 5.56 Å².